The molecule has 1 saturated heterocycles. The zero-order valence-electron chi connectivity index (χ0n) is 13.6. The Morgan fingerprint density at radius 1 is 1.30 bits per heavy atom. The third kappa shape index (κ3) is 3.86. The smallest absolute Gasteiger partial charge is 0.123 e. The molecule has 0 radical (unpaired) electrons. The highest BCUT2D eigenvalue weighted by Gasteiger charge is 2.31. The molecule has 0 amide bonds. The normalized spacial score (nSPS) is 21.5. The van der Waals surface area contributed by atoms with Crippen molar-refractivity contribution in [2.45, 2.75) is 26.0 Å². The van der Waals surface area contributed by atoms with Crippen LogP contribution in [0, 0.1) is 12.8 Å². The van der Waals surface area contributed by atoms with E-state index in [-0.39, 0.29) is 12.0 Å². The van der Waals surface area contributed by atoms with Crippen molar-refractivity contribution in [3.05, 3.63) is 53.6 Å². The summed E-state index contributed by atoms with van der Waals surface area (Å²) in [5.41, 5.74) is 3.28. The third-order valence-electron chi connectivity index (χ3n) is 4.41. The van der Waals surface area contributed by atoms with Crippen LogP contribution in [0.2, 0.25) is 0 Å². The fourth-order valence-electron chi connectivity index (χ4n) is 3.20. The van der Waals surface area contributed by atoms with Crippen LogP contribution in [0.15, 0.2) is 36.8 Å². The molecule has 5 heteroatoms. The molecule has 1 fully saturated rings. The van der Waals surface area contributed by atoms with Gasteiger partial charge in [0.1, 0.15) is 5.75 Å². The molecule has 1 aromatic heterocycles. The summed E-state index contributed by atoms with van der Waals surface area (Å²) in [5.74, 6) is 1.11. The standard InChI is InChI=1S/C18H23N3O2/c1-13-3-4-14(18(7-13)23-2)10-21-11-15(17(22)12-21)8-16-9-19-5-6-20-16/h3-7,9,15,17,22H,8,10-12H2,1-2H3/t15-,17-/m1/s1. The molecule has 5 nitrogen and oxygen atoms in total. The first-order valence-corrected chi connectivity index (χ1v) is 7.94. The number of β-amino-alcohol motifs (C(OH)–C–C–N with tert-alkyl or cyclic N) is 1. The molecule has 2 heterocycles. The minimum Gasteiger partial charge on any atom is -0.496 e. The molecule has 0 bridgehead atoms. The maximum absolute atomic E-state index is 10.3. The minimum atomic E-state index is -0.326. The second-order valence-corrected chi connectivity index (χ2v) is 6.24. The number of nitrogens with zero attached hydrogens (tertiary/aromatic N) is 3. The van der Waals surface area contributed by atoms with E-state index in [1.165, 1.54) is 5.56 Å². The van der Waals surface area contributed by atoms with Gasteiger partial charge >= 0.3 is 0 Å². The number of methoxy groups -OCH3 is 1. The lowest BCUT2D eigenvalue weighted by Crippen LogP contribution is -2.21. The van der Waals surface area contributed by atoms with Crippen LogP contribution in [0.25, 0.3) is 0 Å². The van der Waals surface area contributed by atoms with Gasteiger partial charge in [0.05, 0.1) is 18.9 Å². The quantitative estimate of drug-likeness (QED) is 0.912. The van der Waals surface area contributed by atoms with E-state index < -0.39 is 0 Å². The van der Waals surface area contributed by atoms with Crippen LogP contribution in [0.1, 0.15) is 16.8 Å². The Labute approximate surface area is 137 Å². The molecule has 1 aliphatic heterocycles. The van der Waals surface area contributed by atoms with E-state index >= 15 is 0 Å². The summed E-state index contributed by atoms with van der Waals surface area (Å²) >= 11 is 0. The summed E-state index contributed by atoms with van der Waals surface area (Å²) in [7, 11) is 1.70. The van der Waals surface area contributed by atoms with Gasteiger partial charge in [-0.05, 0) is 25.0 Å². The summed E-state index contributed by atoms with van der Waals surface area (Å²) in [6.45, 7) is 4.39. The number of likely N-dealkylation sites (tertiary alicyclic amines) is 1. The summed E-state index contributed by atoms with van der Waals surface area (Å²) < 4.78 is 5.48. The highest BCUT2D eigenvalue weighted by Crippen LogP contribution is 2.26. The van der Waals surface area contributed by atoms with Crippen LogP contribution in [-0.4, -0.2) is 46.3 Å². The molecule has 1 N–H and O–H groups in total. The van der Waals surface area contributed by atoms with Crippen LogP contribution in [0.5, 0.6) is 5.75 Å². The largest absolute Gasteiger partial charge is 0.496 e. The number of benzene rings is 1. The van der Waals surface area contributed by atoms with E-state index in [0.717, 1.165) is 36.5 Å². The van der Waals surface area contributed by atoms with Crippen molar-refractivity contribution < 1.29 is 9.84 Å². The zero-order chi connectivity index (χ0) is 16.2. The van der Waals surface area contributed by atoms with Gasteiger partial charge in [-0.25, -0.2) is 0 Å². The predicted molar refractivity (Wildman–Crippen MR) is 88.2 cm³/mol. The molecule has 1 aliphatic rings. The Morgan fingerprint density at radius 3 is 2.91 bits per heavy atom. The monoisotopic (exact) mass is 313 g/mol. The van der Waals surface area contributed by atoms with Gasteiger partial charge in [-0.1, -0.05) is 12.1 Å². The Bertz CT molecular complexity index is 648. The van der Waals surface area contributed by atoms with Gasteiger partial charge in [0, 0.05) is 49.7 Å². The van der Waals surface area contributed by atoms with Gasteiger partial charge in [-0.15, -0.1) is 0 Å². The molecule has 2 aromatic rings. The molecular weight excluding hydrogens is 290 g/mol. The molecular formula is C18H23N3O2. The number of hydrogen-bond acceptors (Lipinski definition) is 5. The molecule has 2 atom stereocenters. The molecule has 1 aromatic carbocycles. The molecule has 122 valence electrons. The molecule has 3 rings (SSSR count). The van der Waals surface area contributed by atoms with Crippen LogP contribution in [-0.2, 0) is 13.0 Å². The average molecular weight is 313 g/mol. The van der Waals surface area contributed by atoms with Gasteiger partial charge in [-0.3, -0.25) is 14.9 Å². The summed E-state index contributed by atoms with van der Waals surface area (Å²) in [6.07, 6.45) is 5.58. The van der Waals surface area contributed by atoms with Crippen molar-refractivity contribution in [2.75, 3.05) is 20.2 Å². The first kappa shape index (κ1) is 15.9. The number of aliphatic hydroxyl groups is 1. The number of aryl methyl sites for hydroxylation is 1. The molecule has 0 spiro atoms. The summed E-state index contributed by atoms with van der Waals surface area (Å²) in [5, 5.41) is 10.3. The highest BCUT2D eigenvalue weighted by atomic mass is 16.5. The Kier molecular flexibility index (Phi) is 4.88. The summed E-state index contributed by atoms with van der Waals surface area (Å²) in [4.78, 5) is 10.7. The molecule has 23 heavy (non-hydrogen) atoms. The van der Waals surface area contributed by atoms with Crippen LogP contribution in [0.3, 0.4) is 0 Å². The molecule has 0 unspecified atom stereocenters. The first-order valence-electron chi connectivity index (χ1n) is 7.94. The Hall–Kier alpha value is -1.98. The summed E-state index contributed by atoms with van der Waals surface area (Å²) in [6, 6.07) is 6.26. The molecule has 0 aliphatic carbocycles. The van der Waals surface area contributed by atoms with E-state index in [9.17, 15) is 5.11 Å². The van der Waals surface area contributed by atoms with Crippen molar-refractivity contribution in [1.29, 1.82) is 0 Å². The fourth-order valence-corrected chi connectivity index (χ4v) is 3.20. The topological polar surface area (TPSA) is 58.5 Å². The first-order chi connectivity index (χ1) is 11.2. The zero-order valence-corrected chi connectivity index (χ0v) is 13.6. The van der Waals surface area contributed by atoms with Gasteiger partial charge in [0.15, 0.2) is 0 Å². The van der Waals surface area contributed by atoms with Crippen molar-refractivity contribution in [2.24, 2.45) is 5.92 Å². The number of hydrogen-bond donors (Lipinski definition) is 1. The average Bonchev–Trinajstić information content (AvgIpc) is 2.89. The number of aromatic nitrogens is 2. The van der Waals surface area contributed by atoms with Crippen LogP contribution in [0.4, 0.5) is 0 Å². The maximum atomic E-state index is 10.3. The lowest BCUT2D eigenvalue weighted by molar-refractivity contribution is 0.140. The van der Waals surface area contributed by atoms with Crippen molar-refractivity contribution in [3.63, 3.8) is 0 Å². The predicted octanol–water partition coefficient (Wildman–Crippen LogP) is 1.83. The third-order valence-corrected chi connectivity index (χ3v) is 4.41. The van der Waals surface area contributed by atoms with Gasteiger partial charge < -0.3 is 9.84 Å². The fraction of sp³-hybridized carbons (Fsp3) is 0.444. The number of aliphatic hydroxyl groups excluding tert-OH is 1. The lowest BCUT2D eigenvalue weighted by atomic mass is 10.0. The highest BCUT2D eigenvalue weighted by molar-refractivity contribution is 5.37. The number of rotatable bonds is 5. The Balaban J connectivity index is 1.65. The van der Waals surface area contributed by atoms with Crippen molar-refractivity contribution in [1.82, 2.24) is 14.9 Å². The van der Waals surface area contributed by atoms with Crippen LogP contribution < -0.4 is 4.74 Å². The minimum absolute atomic E-state index is 0.197. The van der Waals surface area contributed by atoms with E-state index in [0.29, 0.717) is 6.54 Å². The number of ether oxygens (including phenoxy) is 1. The second-order valence-electron chi connectivity index (χ2n) is 6.24. The SMILES string of the molecule is COc1cc(C)ccc1CN1C[C@@H](Cc2cnccn2)[C@H](O)C1. The van der Waals surface area contributed by atoms with E-state index in [1.807, 2.05) is 0 Å². The van der Waals surface area contributed by atoms with Crippen molar-refractivity contribution in [3.8, 4) is 5.75 Å². The van der Waals surface area contributed by atoms with Gasteiger partial charge in [-0.2, -0.15) is 0 Å². The van der Waals surface area contributed by atoms with E-state index in [1.54, 1.807) is 25.7 Å². The maximum Gasteiger partial charge on any atom is 0.123 e. The lowest BCUT2D eigenvalue weighted by Gasteiger charge is -2.18. The molecule has 0 saturated carbocycles. The van der Waals surface area contributed by atoms with Crippen LogP contribution >= 0.6 is 0 Å². The Morgan fingerprint density at radius 2 is 2.17 bits per heavy atom. The van der Waals surface area contributed by atoms with E-state index in [2.05, 4.69) is 40.0 Å². The van der Waals surface area contributed by atoms with Crippen molar-refractivity contribution >= 4 is 0 Å². The van der Waals surface area contributed by atoms with Gasteiger partial charge in [0.2, 0.25) is 0 Å². The van der Waals surface area contributed by atoms with Gasteiger partial charge in [0.25, 0.3) is 0 Å². The second kappa shape index (κ2) is 7.06. The van der Waals surface area contributed by atoms with E-state index in [4.69, 9.17) is 4.74 Å².